The Morgan fingerprint density at radius 2 is 1.18 bits per heavy atom. The Kier molecular flexibility index (Phi) is 4.40. The monoisotopic (exact) mass is 290 g/mol. The third-order valence-corrected chi connectivity index (χ3v) is 3.66. The molecule has 0 amide bonds. The highest BCUT2D eigenvalue weighted by atomic mass is 16.5. The summed E-state index contributed by atoms with van der Waals surface area (Å²) in [5.41, 5.74) is 2.46. The van der Waals surface area contributed by atoms with E-state index in [-0.39, 0.29) is 11.7 Å². The lowest BCUT2D eigenvalue weighted by atomic mass is 9.92. The summed E-state index contributed by atoms with van der Waals surface area (Å²) >= 11 is 0. The first-order chi connectivity index (χ1) is 10.8. The minimum absolute atomic E-state index is 0.177. The second kappa shape index (κ2) is 6.81. The van der Waals surface area contributed by atoms with E-state index in [9.17, 15) is 5.11 Å². The maximum atomic E-state index is 9.33. The van der Waals surface area contributed by atoms with Crippen molar-refractivity contribution in [2.75, 3.05) is 6.61 Å². The molecule has 0 spiro atoms. The van der Waals surface area contributed by atoms with Crippen molar-refractivity contribution >= 4 is 0 Å². The molecule has 3 aromatic rings. The Labute approximate surface area is 130 Å². The summed E-state index contributed by atoms with van der Waals surface area (Å²) < 4.78 is 5.92. The third kappa shape index (κ3) is 3.47. The number of hydrogen-bond acceptors (Lipinski definition) is 2. The molecule has 110 valence electrons. The Bertz CT molecular complexity index is 651. The van der Waals surface area contributed by atoms with E-state index >= 15 is 0 Å². The minimum Gasteiger partial charge on any atom is -0.508 e. The van der Waals surface area contributed by atoms with Crippen LogP contribution in [0.3, 0.4) is 0 Å². The molecular weight excluding hydrogens is 272 g/mol. The fourth-order valence-electron chi connectivity index (χ4n) is 2.48. The van der Waals surface area contributed by atoms with Gasteiger partial charge in [0.05, 0.1) is 6.61 Å². The second-order valence-electron chi connectivity index (χ2n) is 5.18. The molecular formula is C20H18O2. The lowest BCUT2D eigenvalue weighted by Crippen LogP contribution is -2.11. The number of benzene rings is 3. The molecule has 0 atom stereocenters. The molecule has 0 bridgehead atoms. The Balaban J connectivity index is 1.81. The summed E-state index contributed by atoms with van der Waals surface area (Å²) in [5, 5.41) is 9.33. The van der Waals surface area contributed by atoms with Crippen molar-refractivity contribution in [3.63, 3.8) is 0 Å². The first-order valence-corrected chi connectivity index (χ1v) is 7.34. The fourth-order valence-corrected chi connectivity index (χ4v) is 2.48. The van der Waals surface area contributed by atoms with Gasteiger partial charge >= 0.3 is 0 Å². The fraction of sp³-hybridized carbons (Fsp3) is 0.100. The van der Waals surface area contributed by atoms with Crippen molar-refractivity contribution in [1.29, 1.82) is 0 Å². The first kappa shape index (κ1) is 14.2. The average molecular weight is 290 g/mol. The van der Waals surface area contributed by atoms with E-state index in [2.05, 4.69) is 24.3 Å². The molecule has 0 fully saturated rings. The predicted molar refractivity (Wildman–Crippen MR) is 88.3 cm³/mol. The van der Waals surface area contributed by atoms with E-state index in [1.165, 1.54) is 11.1 Å². The van der Waals surface area contributed by atoms with Gasteiger partial charge < -0.3 is 9.84 Å². The molecule has 22 heavy (non-hydrogen) atoms. The van der Waals surface area contributed by atoms with Crippen LogP contribution in [0.15, 0.2) is 84.9 Å². The zero-order valence-corrected chi connectivity index (χ0v) is 12.2. The standard InChI is InChI=1S/C20H18O2/c21-18-11-13-19(14-12-18)22-15-20(16-7-3-1-4-8-16)17-9-5-2-6-10-17/h1-14,20-21H,15H2. The van der Waals surface area contributed by atoms with Gasteiger partial charge in [-0.2, -0.15) is 0 Å². The van der Waals surface area contributed by atoms with Crippen molar-refractivity contribution < 1.29 is 9.84 Å². The number of ether oxygens (including phenoxy) is 1. The van der Waals surface area contributed by atoms with E-state index in [0.29, 0.717) is 6.61 Å². The molecule has 3 rings (SSSR count). The van der Waals surface area contributed by atoms with Gasteiger partial charge in [-0.25, -0.2) is 0 Å². The van der Waals surface area contributed by atoms with Gasteiger partial charge in [0.25, 0.3) is 0 Å². The molecule has 0 aliphatic carbocycles. The smallest absolute Gasteiger partial charge is 0.119 e. The van der Waals surface area contributed by atoms with Crippen molar-refractivity contribution in [1.82, 2.24) is 0 Å². The molecule has 0 radical (unpaired) electrons. The number of aromatic hydroxyl groups is 1. The Morgan fingerprint density at radius 1 is 0.682 bits per heavy atom. The van der Waals surface area contributed by atoms with Gasteiger partial charge in [0.1, 0.15) is 11.5 Å². The lowest BCUT2D eigenvalue weighted by Gasteiger charge is -2.19. The highest BCUT2D eigenvalue weighted by molar-refractivity contribution is 5.34. The maximum Gasteiger partial charge on any atom is 0.119 e. The van der Waals surface area contributed by atoms with E-state index < -0.39 is 0 Å². The molecule has 3 aromatic carbocycles. The van der Waals surface area contributed by atoms with Gasteiger partial charge in [0, 0.05) is 5.92 Å². The molecule has 0 aromatic heterocycles. The summed E-state index contributed by atoms with van der Waals surface area (Å²) in [6.07, 6.45) is 0. The van der Waals surface area contributed by atoms with Crippen LogP contribution in [0.4, 0.5) is 0 Å². The van der Waals surface area contributed by atoms with Gasteiger partial charge in [0.2, 0.25) is 0 Å². The lowest BCUT2D eigenvalue weighted by molar-refractivity contribution is 0.303. The Hall–Kier alpha value is -2.74. The van der Waals surface area contributed by atoms with Crippen LogP contribution in [0.5, 0.6) is 11.5 Å². The predicted octanol–water partition coefficient (Wildman–Crippen LogP) is 4.60. The molecule has 0 saturated heterocycles. The van der Waals surface area contributed by atoms with Gasteiger partial charge in [-0.3, -0.25) is 0 Å². The molecule has 2 heteroatoms. The quantitative estimate of drug-likeness (QED) is 0.744. The van der Waals surface area contributed by atoms with Gasteiger partial charge in [-0.15, -0.1) is 0 Å². The summed E-state index contributed by atoms with van der Waals surface area (Å²) in [4.78, 5) is 0. The number of hydrogen-bond donors (Lipinski definition) is 1. The summed E-state index contributed by atoms with van der Waals surface area (Å²) in [6.45, 7) is 0.554. The molecule has 0 aliphatic heterocycles. The topological polar surface area (TPSA) is 29.5 Å². The average Bonchev–Trinajstić information content (AvgIpc) is 2.59. The third-order valence-electron chi connectivity index (χ3n) is 3.66. The summed E-state index contributed by atoms with van der Waals surface area (Å²) in [6, 6.07) is 27.6. The van der Waals surface area contributed by atoms with Crippen LogP contribution in [-0.4, -0.2) is 11.7 Å². The molecule has 0 saturated carbocycles. The molecule has 2 nitrogen and oxygen atoms in total. The van der Waals surface area contributed by atoms with Gasteiger partial charge in [0.15, 0.2) is 0 Å². The van der Waals surface area contributed by atoms with Crippen LogP contribution in [-0.2, 0) is 0 Å². The van der Waals surface area contributed by atoms with Crippen LogP contribution in [0, 0.1) is 0 Å². The van der Waals surface area contributed by atoms with Crippen LogP contribution in [0.2, 0.25) is 0 Å². The maximum absolute atomic E-state index is 9.33. The molecule has 0 unspecified atom stereocenters. The largest absolute Gasteiger partial charge is 0.508 e. The first-order valence-electron chi connectivity index (χ1n) is 7.34. The zero-order valence-electron chi connectivity index (χ0n) is 12.2. The van der Waals surface area contributed by atoms with Crippen LogP contribution >= 0.6 is 0 Å². The van der Waals surface area contributed by atoms with Crippen molar-refractivity contribution in [2.45, 2.75) is 5.92 Å². The normalized spacial score (nSPS) is 10.6. The molecule has 1 N–H and O–H groups in total. The summed E-state index contributed by atoms with van der Waals surface area (Å²) in [5.74, 6) is 1.18. The molecule has 0 aliphatic rings. The SMILES string of the molecule is Oc1ccc(OCC(c2ccccc2)c2ccccc2)cc1. The van der Waals surface area contributed by atoms with Crippen molar-refractivity contribution in [2.24, 2.45) is 0 Å². The minimum atomic E-state index is 0.177. The van der Waals surface area contributed by atoms with Crippen LogP contribution in [0.1, 0.15) is 17.0 Å². The zero-order chi connectivity index (χ0) is 15.2. The van der Waals surface area contributed by atoms with Crippen molar-refractivity contribution in [3.8, 4) is 11.5 Å². The highest BCUT2D eigenvalue weighted by Crippen LogP contribution is 2.26. The van der Waals surface area contributed by atoms with E-state index in [1.807, 2.05) is 36.4 Å². The van der Waals surface area contributed by atoms with E-state index in [1.54, 1.807) is 24.3 Å². The highest BCUT2D eigenvalue weighted by Gasteiger charge is 2.14. The number of phenols is 1. The van der Waals surface area contributed by atoms with Crippen LogP contribution < -0.4 is 4.74 Å². The second-order valence-corrected chi connectivity index (χ2v) is 5.18. The Morgan fingerprint density at radius 3 is 1.68 bits per heavy atom. The number of rotatable bonds is 5. The van der Waals surface area contributed by atoms with Gasteiger partial charge in [-0.05, 0) is 35.4 Å². The van der Waals surface area contributed by atoms with E-state index in [0.717, 1.165) is 5.75 Å². The van der Waals surface area contributed by atoms with Crippen molar-refractivity contribution in [3.05, 3.63) is 96.1 Å². The summed E-state index contributed by atoms with van der Waals surface area (Å²) in [7, 11) is 0. The molecule has 0 heterocycles. The van der Waals surface area contributed by atoms with E-state index in [4.69, 9.17) is 4.74 Å². The number of phenolic OH excluding ortho intramolecular Hbond substituents is 1. The van der Waals surface area contributed by atoms with Gasteiger partial charge in [-0.1, -0.05) is 60.7 Å². The van der Waals surface area contributed by atoms with Crippen LogP contribution in [0.25, 0.3) is 0 Å².